The summed E-state index contributed by atoms with van der Waals surface area (Å²) >= 11 is 0. The fourth-order valence-corrected chi connectivity index (χ4v) is 3.64. The number of methoxy groups -OCH3 is 1. The van der Waals surface area contributed by atoms with Gasteiger partial charge in [0.05, 0.1) is 20.3 Å². The summed E-state index contributed by atoms with van der Waals surface area (Å²) < 4.78 is 16.4. The molecule has 0 spiro atoms. The van der Waals surface area contributed by atoms with Crippen LogP contribution in [0.5, 0.6) is 11.5 Å². The number of likely N-dealkylation sites (tertiary alicyclic amines) is 1. The van der Waals surface area contributed by atoms with Crippen molar-refractivity contribution in [2.75, 3.05) is 26.8 Å². The first-order valence-electron chi connectivity index (χ1n) is 9.84. The van der Waals surface area contributed by atoms with Crippen molar-refractivity contribution in [3.05, 3.63) is 23.3 Å². The minimum Gasteiger partial charge on any atom is -0.496 e. The molecule has 3 N–H and O–H groups in total. The molecular formula is C20H31IN4O4. The summed E-state index contributed by atoms with van der Waals surface area (Å²) in [6, 6.07) is 4.21. The Balaban J connectivity index is 0.00000300. The van der Waals surface area contributed by atoms with Crippen LogP contribution in [0, 0.1) is 0 Å². The van der Waals surface area contributed by atoms with Crippen molar-refractivity contribution in [1.29, 1.82) is 0 Å². The fraction of sp³-hybridized carbons (Fsp3) is 0.600. The van der Waals surface area contributed by atoms with Crippen LogP contribution in [0.1, 0.15) is 37.8 Å². The maximum absolute atomic E-state index is 11.8. The highest BCUT2D eigenvalue weighted by Crippen LogP contribution is 2.35. The number of nitrogens with zero attached hydrogens (tertiary/aromatic N) is 2. The molecule has 1 unspecified atom stereocenters. The maximum atomic E-state index is 11.8. The summed E-state index contributed by atoms with van der Waals surface area (Å²) in [7, 11) is 1.66. The van der Waals surface area contributed by atoms with Gasteiger partial charge in [0, 0.05) is 36.7 Å². The Bertz CT molecular complexity index is 735. The number of amides is 1. The van der Waals surface area contributed by atoms with Gasteiger partial charge in [-0.15, -0.1) is 24.0 Å². The first-order chi connectivity index (χ1) is 13.5. The molecule has 0 saturated carbocycles. The Hall–Kier alpha value is -1.91. The zero-order chi connectivity index (χ0) is 20.1. The van der Waals surface area contributed by atoms with E-state index in [0.717, 1.165) is 41.9 Å². The Kier molecular flexibility index (Phi) is 8.66. The lowest BCUT2D eigenvalue weighted by molar-refractivity contribution is 0.0963. The monoisotopic (exact) mass is 518 g/mol. The lowest BCUT2D eigenvalue weighted by Crippen LogP contribution is -2.48. The molecule has 2 aliphatic heterocycles. The van der Waals surface area contributed by atoms with Crippen LogP contribution in [-0.4, -0.2) is 55.9 Å². The van der Waals surface area contributed by atoms with E-state index in [1.165, 1.54) is 0 Å². The van der Waals surface area contributed by atoms with Gasteiger partial charge in [0.15, 0.2) is 5.96 Å². The predicted octanol–water partition coefficient (Wildman–Crippen LogP) is 2.66. The Morgan fingerprint density at radius 2 is 2.10 bits per heavy atom. The molecule has 1 aromatic carbocycles. The molecule has 1 aromatic rings. The molecule has 29 heavy (non-hydrogen) atoms. The number of nitrogens with one attached hydrogen (secondary N) is 1. The summed E-state index contributed by atoms with van der Waals surface area (Å²) in [5, 5.41) is 3.25. The Morgan fingerprint density at radius 1 is 1.38 bits per heavy atom. The van der Waals surface area contributed by atoms with E-state index in [9.17, 15) is 4.79 Å². The summed E-state index contributed by atoms with van der Waals surface area (Å²) in [6.07, 6.45) is 2.45. The largest absolute Gasteiger partial charge is 0.496 e. The zero-order valence-electron chi connectivity index (χ0n) is 17.3. The predicted molar refractivity (Wildman–Crippen MR) is 122 cm³/mol. The molecule has 1 amide bonds. The quantitative estimate of drug-likeness (QED) is 0.354. The summed E-state index contributed by atoms with van der Waals surface area (Å²) in [5.74, 6) is 2.10. The van der Waals surface area contributed by atoms with Crippen LogP contribution >= 0.6 is 24.0 Å². The van der Waals surface area contributed by atoms with E-state index in [0.29, 0.717) is 32.2 Å². The lowest BCUT2D eigenvalue weighted by atomic mass is 10.1. The van der Waals surface area contributed by atoms with Crippen LogP contribution in [0.25, 0.3) is 0 Å². The zero-order valence-corrected chi connectivity index (χ0v) is 19.6. The number of hydrogen-bond donors (Lipinski definition) is 2. The lowest BCUT2D eigenvalue weighted by Gasteiger charge is -2.31. The third kappa shape index (κ3) is 6.03. The van der Waals surface area contributed by atoms with Crippen LogP contribution in [0.4, 0.5) is 4.79 Å². The van der Waals surface area contributed by atoms with Crippen molar-refractivity contribution in [3.63, 3.8) is 0 Å². The first-order valence-corrected chi connectivity index (χ1v) is 9.84. The molecule has 1 fully saturated rings. The molecule has 1 atom stereocenters. The number of rotatable bonds is 5. The summed E-state index contributed by atoms with van der Waals surface area (Å²) in [6.45, 7) is 5.98. The Morgan fingerprint density at radius 3 is 2.76 bits per heavy atom. The van der Waals surface area contributed by atoms with E-state index in [4.69, 9.17) is 19.9 Å². The van der Waals surface area contributed by atoms with E-state index in [2.05, 4.69) is 17.2 Å². The molecule has 8 nitrogen and oxygen atoms in total. The van der Waals surface area contributed by atoms with Gasteiger partial charge in [-0.1, -0.05) is 0 Å². The van der Waals surface area contributed by atoms with Gasteiger partial charge in [-0.3, -0.25) is 0 Å². The number of guanidine groups is 1. The third-order valence-corrected chi connectivity index (χ3v) is 5.09. The smallest absolute Gasteiger partial charge is 0.409 e. The van der Waals surface area contributed by atoms with Gasteiger partial charge in [0.1, 0.15) is 17.6 Å². The third-order valence-electron chi connectivity index (χ3n) is 5.09. The number of fused-ring (bicyclic) bond motifs is 1. The van der Waals surface area contributed by atoms with Crippen LogP contribution in [0.15, 0.2) is 17.1 Å². The number of benzene rings is 1. The first kappa shape index (κ1) is 23.4. The van der Waals surface area contributed by atoms with Crippen molar-refractivity contribution in [2.45, 2.75) is 51.8 Å². The molecule has 0 aliphatic carbocycles. The number of nitrogens with two attached hydrogens (primary N) is 1. The van der Waals surface area contributed by atoms with Crippen LogP contribution in [0.3, 0.4) is 0 Å². The number of aliphatic imine (C=N–C) groups is 1. The topological polar surface area (TPSA) is 98.4 Å². The van der Waals surface area contributed by atoms with Gasteiger partial charge in [-0.25, -0.2) is 9.79 Å². The van der Waals surface area contributed by atoms with Gasteiger partial charge < -0.3 is 30.2 Å². The SMILES string of the molecule is CCOC(=O)N1CCC(NC(N)=NCc2cc3c(cc2OC)CC(C)O3)CC1.I. The van der Waals surface area contributed by atoms with Crippen LogP contribution in [0.2, 0.25) is 0 Å². The van der Waals surface area contributed by atoms with Gasteiger partial charge in [0.2, 0.25) is 0 Å². The maximum Gasteiger partial charge on any atom is 0.409 e. The number of carbonyl (C=O) groups excluding carboxylic acids is 1. The number of hydrogen-bond acceptors (Lipinski definition) is 5. The van der Waals surface area contributed by atoms with Crippen molar-refractivity contribution < 1.29 is 19.0 Å². The minimum atomic E-state index is -0.247. The van der Waals surface area contributed by atoms with Crippen molar-refractivity contribution in [2.24, 2.45) is 10.7 Å². The Labute approximate surface area is 189 Å². The van der Waals surface area contributed by atoms with E-state index in [-0.39, 0.29) is 42.2 Å². The molecule has 0 bridgehead atoms. The highest BCUT2D eigenvalue weighted by Gasteiger charge is 2.24. The molecule has 1 saturated heterocycles. The molecule has 2 heterocycles. The minimum absolute atomic E-state index is 0. The summed E-state index contributed by atoms with van der Waals surface area (Å²) in [5.41, 5.74) is 8.19. The number of carbonyl (C=O) groups is 1. The average molecular weight is 518 g/mol. The van der Waals surface area contributed by atoms with Crippen molar-refractivity contribution in [1.82, 2.24) is 10.2 Å². The molecule has 0 aromatic heterocycles. The second-order valence-corrected chi connectivity index (χ2v) is 7.21. The van der Waals surface area contributed by atoms with Crippen LogP contribution < -0.4 is 20.5 Å². The van der Waals surface area contributed by atoms with Crippen molar-refractivity contribution >= 4 is 36.0 Å². The van der Waals surface area contributed by atoms with Gasteiger partial charge >= 0.3 is 6.09 Å². The summed E-state index contributed by atoms with van der Waals surface area (Å²) in [4.78, 5) is 18.0. The van der Waals surface area contributed by atoms with E-state index >= 15 is 0 Å². The van der Waals surface area contributed by atoms with E-state index < -0.39 is 0 Å². The van der Waals surface area contributed by atoms with Gasteiger partial charge in [-0.05, 0) is 38.8 Å². The number of ether oxygens (including phenoxy) is 3. The normalized spacial score (nSPS) is 19.1. The fourth-order valence-electron chi connectivity index (χ4n) is 3.64. The second kappa shape index (κ2) is 10.7. The standard InChI is InChI=1S/C20H30N4O4.HI/c1-4-27-20(25)24-7-5-16(6-8-24)23-19(21)22-12-15-11-18-14(9-13(2)28-18)10-17(15)26-3;/h10-11,13,16H,4-9,12H2,1-3H3,(H3,21,22,23);1H. The average Bonchev–Trinajstić information content (AvgIpc) is 3.05. The van der Waals surface area contributed by atoms with E-state index in [1.54, 1.807) is 12.0 Å². The molecule has 3 rings (SSSR count). The molecular weight excluding hydrogens is 487 g/mol. The van der Waals surface area contributed by atoms with Gasteiger partial charge in [-0.2, -0.15) is 0 Å². The van der Waals surface area contributed by atoms with Gasteiger partial charge in [0.25, 0.3) is 0 Å². The highest BCUT2D eigenvalue weighted by atomic mass is 127. The van der Waals surface area contributed by atoms with Crippen molar-refractivity contribution in [3.8, 4) is 11.5 Å². The number of piperidine rings is 1. The molecule has 2 aliphatic rings. The number of halogens is 1. The van der Waals surface area contributed by atoms with Crippen LogP contribution in [-0.2, 0) is 17.7 Å². The second-order valence-electron chi connectivity index (χ2n) is 7.21. The molecule has 9 heteroatoms. The molecule has 0 radical (unpaired) electrons. The molecule has 162 valence electrons. The van der Waals surface area contributed by atoms with E-state index in [1.807, 2.05) is 19.1 Å². The highest BCUT2D eigenvalue weighted by molar-refractivity contribution is 14.0.